The molecule has 2 aromatic carbocycles. The van der Waals surface area contributed by atoms with Crippen LogP contribution in [0.3, 0.4) is 0 Å². The molecule has 0 saturated carbocycles. The van der Waals surface area contributed by atoms with Gasteiger partial charge in [0.25, 0.3) is 5.69 Å². The molecule has 9 heteroatoms. The standard InChI is InChI=1S/C19H21N3O5S/c1-19(2,3)21-28(26,27)16-11-9-15(10-12-16)20-18(23)13-8-14-6-4-5-7-17(14)22(24)25/h4-13,21H,1-3H3,(H,20,23)/b13-8+. The van der Waals surface area contributed by atoms with Gasteiger partial charge in [0.2, 0.25) is 15.9 Å². The minimum Gasteiger partial charge on any atom is -0.323 e. The van der Waals surface area contributed by atoms with E-state index in [1.807, 2.05) is 0 Å². The monoisotopic (exact) mass is 403 g/mol. The fourth-order valence-corrected chi connectivity index (χ4v) is 3.74. The molecule has 0 aliphatic carbocycles. The summed E-state index contributed by atoms with van der Waals surface area (Å²) in [4.78, 5) is 22.6. The highest BCUT2D eigenvalue weighted by Gasteiger charge is 2.21. The normalized spacial score (nSPS) is 12.1. The molecule has 0 fully saturated rings. The highest BCUT2D eigenvalue weighted by atomic mass is 32.2. The third kappa shape index (κ3) is 6.00. The largest absolute Gasteiger partial charge is 0.323 e. The van der Waals surface area contributed by atoms with Gasteiger partial charge < -0.3 is 5.32 Å². The van der Waals surface area contributed by atoms with Crippen LogP contribution in [0.4, 0.5) is 11.4 Å². The van der Waals surface area contributed by atoms with E-state index in [0.29, 0.717) is 11.3 Å². The van der Waals surface area contributed by atoms with Gasteiger partial charge >= 0.3 is 0 Å². The highest BCUT2D eigenvalue weighted by Crippen LogP contribution is 2.19. The Bertz CT molecular complexity index is 1010. The number of para-hydroxylation sites is 1. The zero-order valence-corrected chi connectivity index (χ0v) is 16.5. The van der Waals surface area contributed by atoms with Crippen LogP contribution in [0, 0.1) is 10.1 Å². The third-order valence-corrected chi connectivity index (χ3v) is 5.19. The Balaban J connectivity index is 2.09. The van der Waals surface area contributed by atoms with Gasteiger partial charge in [-0.25, -0.2) is 13.1 Å². The number of hydrogen-bond donors (Lipinski definition) is 2. The molecule has 2 N–H and O–H groups in total. The molecule has 0 bridgehead atoms. The topological polar surface area (TPSA) is 118 Å². The maximum atomic E-state index is 12.3. The second-order valence-electron chi connectivity index (χ2n) is 7.02. The summed E-state index contributed by atoms with van der Waals surface area (Å²) in [5.41, 5.74) is -0.0203. The molecule has 0 unspecified atom stereocenters. The Labute approximate surface area is 163 Å². The highest BCUT2D eigenvalue weighted by molar-refractivity contribution is 7.89. The van der Waals surface area contributed by atoms with E-state index < -0.39 is 26.4 Å². The summed E-state index contributed by atoms with van der Waals surface area (Å²) in [6, 6.07) is 11.8. The minimum absolute atomic E-state index is 0.0795. The van der Waals surface area contributed by atoms with Gasteiger partial charge in [-0.05, 0) is 57.2 Å². The van der Waals surface area contributed by atoms with Crippen LogP contribution in [0.25, 0.3) is 6.08 Å². The predicted molar refractivity (Wildman–Crippen MR) is 107 cm³/mol. The Morgan fingerprint density at radius 3 is 2.25 bits per heavy atom. The number of nitro benzene ring substituents is 1. The van der Waals surface area contributed by atoms with Crippen molar-refractivity contribution in [2.75, 3.05) is 5.32 Å². The van der Waals surface area contributed by atoms with Gasteiger partial charge in [0.1, 0.15) is 0 Å². The van der Waals surface area contributed by atoms with Gasteiger partial charge in [-0.15, -0.1) is 0 Å². The molecule has 0 aliphatic rings. The van der Waals surface area contributed by atoms with Crippen LogP contribution in [-0.2, 0) is 14.8 Å². The molecule has 0 atom stereocenters. The molecule has 2 rings (SSSR count). The third-order valence-electron chi connectivity index (χ3n) is 3.42. The van der Waals surface area contributed by atoms with Gasteiger partial charge in [0.05, 0.1) is 15.4 Å². The number of benzene rings is 2. The van der Waals surface area contributed by atoms with Crippen molar-refractivity contribution >= 4 is 33.4 Å². The summed E-state index contributed by atoms with van der Waals surface area (Å²) in [5, 5.41) is 13.6. The molecule has 8 nitrogen and oxygen atoms in total. The van der Waals surface area contributed by atoms with Gasteiger partial charge in [-0.2, -0.15) is 0 Å². The Morgan fingerprint density at radius 1 is 1.07 bits per heavy atom. The minimum atomic E-state index is -3.66. The first kappa shape index (κ1) is 21.3. The Morgan fingerprint density at radius 2 is 1.68 bits per heavy atom. The summed E-state index contributed by atoms with van der Waals surface area (Å²) in [7, 11) is -3.66. The lowest BCUT2D eigenvalue weighted by atomic mass is 10.1. The summed E-state index contributed by atoms with van der Waals surface area (Å²) >= 11 is 0. The fraction of sp³-hybridized carbons (Fsp3) is 0.211. The van der Waals surface area contributed by atoms with E-state index >= 15 is 0 Å². The maximum Gasteiger partial charge on any atom is 0.276 e. The quantitative estimate of drug-likeness (QED) is 0.436. The van der Waals surface area contributed by atoms with Crippen molar-refractivity contribution in [2.45, 2.75) is 31.2 Å². The Hall–Kier alpha value is -3.04. The summed E-state index contributed by atoms with van der Waals surface area (Å²) in [5.74, 6) is -0.499. The average Bonchev–Trinajstić information content (AvgIpc) is 2.58. The van der Waals surface area contributed by atoms with E-state index in [9.17, 15) is 23.3 Å². The van der Waals surface area contributed by atoms with Crippen molar-refractivity contribution in [1.82, 2.24) is 4.72 Å². The van der Waals surface area contributed by atoms with E-state index in [0.717, 1.165) is 0 Å². The smallest absolute Gasteiger partial charge is 0.276 e. The summed E-state index contributed by atoms with van der Waals surface area (Å²) < 4.78 is 27.1. The van der Waals surface area contributed by atoms with Crippen LogP contribution >= 0.6 is 0 Å². The molecule has 2 aromatic rings. The van der Waals surface area contributed by atoms with E-state index in [1.165, 1.54) is 48.6 Å². The molecule has 0 aliphatic heterocycles. The first-order valence-electron chi connectivity index (χ1n) is 8.34. The van der Waals surface area contributed by atoms with Crippen LogP contribution in [0.2, 0.25) is 0 Å². The fourth-order valence-electron chi connectivity index (χ4n) is 2.32. The Kier molecular flexibility index (Phi) is 6.32. The molecule has 0 spiro atoms. The van der Waals surface area contributed by atoms with E-state index in [2.05, 4.69) is 10.0 Å². The lowest BCUT2D eigenvalue weighted by molar-refractivity contribution is -0.385. The van der Waals surface area contributed by atoms with Crippen molar-refractivity contribution in [3.05, 3.63) is 70.3 Å². The predicted octanol–water partition coefficient (Wildman–Crippen LogP) is 3.32. The molecule has 0 saturated heterocycles. The molecular weight excluding hydrogens is 382 g/mol. The number of amides is 1. The lowest BCUT2D eigenvalue weighted by Crippen LogP contribution is -2.40. The molecular formula is C19H21N3O5S. The lowest BCUT2D eigenvalue weighted by Gasteiger charge is -2.20. The zero-order valence-electron chi connectivity index (χ0n) is 15.7. The first-order valence-corrected chi connectivity index (χ1v) is 9.83. The van der Waals surface area contributed by atoms with Crippen molar-refractivity contribution in [2.24, 2.45) is 0 Å². The SMILES string of the molecule is CC(C)(C)NS(=O)(=O)c1ccc(NC(=O)/C=C/c2ccccc2[N+](=O)[O-])cc1. The second kappa shape index (κ2) is 8.32. The molecule has 0 heterocycles. The number of rotatable bonds is 6. The van der Waals surface area contributed by atoms with Gasteiger partial charge in [-0.3, -0.25) is 14.9 Å². The van der Waals surface area contributed by atoms with Gasteiger partial charge in [0, 0.05) is 23.4 Å². The maximum absolute atomic E-state index is 12.3. The molecule has 0 aromatic heterocycles. The van der Waals surface area contributed by atoms with Crippen LogP contribution in [0.1, 0.15) is 26.3 Å². The van der Waals surface area contributed by atoms with Crippen LogP contribution in [0.5, 0.6) is 0 Å². The average molecular weight is 403 g/mol. The second-order valence-corrected chi connectivity index (χ2v) is 8.70. The van der Waals surface area contributed by atoms with E-state index in [-0.39, 0.29) is 10.6 Å². The number of nitrogens with one attached hydrogen (secondary N) is 2. The van der Waals surface area contributed by atoms with Crippen LogP contribution in [0.15, 0.2) is 59.5 Å². The van der Waals surface area contributed by atoms with E-state index in [1.54, 1.807) is 32.9 Å². The van der Waals surface area contributed by atoms with Gasteiger partial charge in [0.15, 0.2) is 0 Å². The molecule has 148 valence electrons. The summed E-state index contributed by atoms with van der Waals surface area (Å²) in [6.07, 6.45) is 2.52. The summed E-state index contributed by atoms with van der Waals surface area (Å²) in [6.45, 7) is 5.22. The van der Waals surface area contributed by atoms with Crippen LogP contribution in [-0.4, -0.2) is 24.8 Å². The number of hydrogen-bond acceptors (Lipinski definition) is 5. The number of carbonyl (C=O) groups excluding carboxylic acids is 1. The van der Waals surface area contributed by atoms with Gasteiger partial charge in [-0.1, -0.05) is 12.1 Å². The number of nitro groups is 1. The first-order chi connectivity index (χ1) is 13.0. The molecule has 28 heavy (non-hydrogen) atoms. The number of sulfonamides is 1. The van der Waals surface area contributed by atoms with Crippen molar-refractivity contribution in [3.63, 3.8) is 0 Å². The van der Waals surface area contributed by atoms with E-state index in [4.69, 9.17) is 0 Å². The van der Waals surface area contributed by atoms with Crippen molar-refractivity contribution < 1.29 is 18.1 Å². The van der Waals surface area contributed by atoms with Crippen molar-refractivity contribution in [3.8, 4) is 0 Å². The molecule has 0 radical (unpaired) electrons. The number of carbonyl (C=O) groups is 1. The molecule has 1 amide bonds. The van der Waals surface area contributed by atoms with Crippen molar-refractivity contribution in [1.29, 1.82) is 0 Å². The van der Waals surface area contributed by atoms with Crippen LogP contribution < -0.4 is 10.0 Å². The number of anilines is 1. The number of nitrogens with zero attached hydrogens (tertiary/aromatic N) is 1. The zero-order chi connectivity index (χ0) is 20.9.